The van der Waals surface area contributed by atoms with E-state index < -0.39 is 0 Å². The molecule has 3 nitrogen and oxygen atoms in total. The van der Waals surface area contributed by atoms with Gasteiger partial charge in [0.2, 0.25) is 0 Å². The predicted molar refractivity (Wildman–Crippen MR) is 82.9 cm³/mol. The molecule has 2 aromatic heterocycles. The molecule has 0 N–H and O–H groups in total. The second kappa shape index (κ2) is 5.69. The average Bonchev–Trinajstić information content (AvgIpc) is 2.83. The molecule has 104 valence electrons. The van der Waals surface area contributed by atoms with Crippen molar-refractivity contribution < 1.29 is 4.74 Å². The van der Waals surface area contributed by atoms with Gasteiger partial charge in [0, 0.05) is 23.0 Å². The van der Waals surface area contributed by atoms with Gasteiger partial charge in [-0.3, -0.25) is 0 Å². The maximum Gasteiger partial charge on any atom is 0.138 e. The van der Waals surface area contributed by atoms with E-state index in [4.69, 9.17) is 27.9 Å². The summed E-state index contributed by atoms with van der Waals surface area (Å²) in [6.07, 6.45) is 3.78. The van der Waals surface area contributed by atoms with E-state index in [0.29, 0.717) is 21.4 Å². The summed E-state index contributed by atoms with van der Waals surface area (Å²) in [7, 11) is 0. The normalized spacial score (nSPS) is 10.5. The Kier molecular flexibility index (Phi) is 3.74. The average molecular weight is 317 g/mol. The van der Waals surface area contributed by atoms with Gasteiger partial charge in [-0.2, -0.15) is 5.26 Å². The molecule has 0 radical (unpaired) electrons. The van der Waals surface area contributed by atoms with Gasteiger partial charge in [0.1, 0.15) is 18.4 Å². The maximum absolute atomic E-state index is 9.33. The van der Waals surface area contributed by atoms with Crippen LogP contribution in [0.2, 0.25) is 10.0 Å². The molecule has 0 bridgehead atoms. The lowest BCUT2D eigenvalue weighted by Gasteiger charge is -2.07. The minimum absolute atomic E-state index is 0.270. The third-order valence-electron chi connectivity index (χ3n) is 3.15. The quantitative estimate of drug-likeness (QED) is 0.702. The van der Waals surface area contributed by atoms with Crippen molar-refractivity contribution in [3.63, 3.8) is 0 Å². The summed E-state index contributed by atoms with van der Waals surface area (Å²) in [6.45, 7) is 0.270. The Morgan fingerprint density at radius 1 is 1.19 bits per heavy atom. The summed E-state index contributed by atoms with van der Waals surface area (Å²) < 4.78 is 7.60. The third-order valence-corrected chi connectivity index (χ3v) is 3.68. The molecule has 0 fully saturated rings. The van der Waals surface area contributed by atoms with Gasteiger partial charge in [-0.1, -0.05) is 29.3 Å². The van der Waals surface area contributed by atoms with Gasteiger partial charge in [0.15, 0.2) is 0 Å². The van der Waals surface area contributed by atoms with Crippen LogP contribution < -0.4 is 4.74 Å². The first kappa shape index (κ1) is 13.8. The van der Waals surface area contributed by atoms with Crippen molar-refractivity contribution in [3.05, 3.63) is 70.0 Å². The lowest BCUT2D eigenvalue weighted by atomic mass is 10.2. The zero-order chi connectivity index (χ0) is 14.8. The highest BCUT2D eigenvalue weighted by Gasteiger charge is 2.11. The lowest BCUT2D eigenvalue weighted by molar-refractivity contribution is 0.306. The fourth-order valence-electron chi connectivity index (χ4n) is 2.16. The Hall–Kier alpha value is -2.15. The van der Waals surface area contributed by atoms with Crippen LogP contribution in [-0.2, 0) is 6.61 Å². The lowest BCUT2D eigenvalue weighted by Crippen LogP contribution is -1.96. The van der Waals surface area contributed by atoms with Crippen LogP contribution in [0.1, 0.15) is 11.1 Å². The van der Waals surface area contributed by atoms with Crippen molar-refractivity contribution in [1.82, 2.24) is 4.40 Å². The summed E-state index contributed by atoms with van der Waals surface area (Å²) in [5.74, 6) is 0.542. The molecule has 0 saturated carbocycles. The SMILES string of the molecule is N#Cc1c(COc2ccc(Cl)cc2Cl)cn2ccccc12. The van der Waals surface area contributed by atoms with E-state index in [9.17, 15) is 5.26 Å². The van der Waals surface area contributed by atoms with Gasteiger partial charge in [-0.05, 0) is 30.3 Å². The number of fused-ring (bicyclic) bond motifs is 1. The molecule has 2 heterocycles. The molecule has 0 unspecified atom stereocenters. The van der Waals surface area contributed by atoms with Crippen LogP contribution >= 0.6 is 23.2 Å². The van der Waals surface area contributed by atoms with E-state index in [1.54, 1.807) is 18.2 Å². The van der Waals surface area contributed by atoms with Crippen LogP contribution in [0, 0.1) is 11.3 Å². The van der Waals surface area contributed by atoms with Crippen molar-refractivity contribution in [3.8, 4) is 11.8 Å². The first-order valence-electron chi connectivity index (χ1n) is 6.25. The molecule has 0 amide bonds. The van der Waals surface area contributed by atoms with Crippen LogP contribution in [0.5, 0.6) is 5.75 Å². The largest absolute Gasteiger partial charge is 0.487 e. The first-order chi connectivity index (χ1) is 10.2. The van der Waals surface area contributed by atoms with Gasteiger partial charge < -0.3 is 9.14 Å². The minimum Gasteiger partial charge on any atom is -0.487 e. The molecule has 0 aliphatic carbocycles. The van der Waals surface area contributed by atoms with Gasteiger partial charge in [-0.15, -0.1) is 0 Å². The fraction of sp³-hybridized carbons (Fsp3) is 0.0625. The third kappa shape index (κ3) is 2.69. The number of pyridine rings is 1. The van der Waals surface area contributed by atoms with Crippen molar-refractivity contribution in [2.45, 2.75) is 6.61 Å². The van der Waals surface area contributed by atoms with E-state index in [2.05, 4.69) is 6.07 Å². The summed E-state index contributed by atoms with van der Waals surface area (Å²) >= 11 is 11.9. The topological polar surface area (TPSA) is 37.4 Å². The van der Waals surface area contributed by atoms with Gasteiger partial charge in [0.05, 0.1) is 16.1 Å². The van der Waals surface area contributed by atoms with E-state index in [1.165, 1.54) is 0 Å². The number of nitriles is 1. The zero-order valence-electron chi connectivity index (χ0n) is 10.9. The van der Waals surface area contributed by atoms with E-state index in [0.717, 1.165) is 11.1 Å². The minimum atomic E-state index is 0.270. The molecule has 0 aliphatic heterocycles. The number of nitrogens with zero attached hydrogens (tertiary/aromatic N) is 2. The molecular formula is C16H10Cl2N2O. The van der Waals surface area contributed by atoms with Gasteiger partial charge >= 0.3 is 0 Å². The molecule has 3 aromatic rings. The molecular weight excluding hydrogens is 307 g/mol. The Bertz CT molecular complexity index is 849. The second-order valence-electron chi connectivity index (χ2n) is 4.50. The summed E-state index contributed by atoms with van der Waals surface area (Å²) in [4.78, 5) is 0. The van der Waals surface area contributed by atoms with Crippen LogP contribution in [-0.4, -0.2) is 4.40 Å². The summed E-state index contributed by atoms with van der Waals surface area (Å²) in [6, 6.07) is 13.0. The monoisotopic (exact) mass is 316 g/mol. The predicted octanol–water partition coefficient (Wildman–Crippen LogP) is 4.70. The molecule has 0 atom stereocenters. The van der Waals surface area contributed by atoms with E-state index >= 15 is 0 Å². The smallest absolute Gasteiger partial charge is 0.138 e. The number of hydrogen-bond acceptors (Lipinski definition) is 2. The van der Waals surface area contributed by atoms with Crippen molar-refractivity contribution in [2.75, 3.05) is 0 Å². The van der Waals surface area contributed by atoms with Gasteiger partial charge in [-0.25, -0.2) is 0 Å². The highest BCUT2D eigenvalue weighted by molar-refractivity contribution is 6.35. The first-order valence-corrected chi connectivity index (χ1v) is 7.01. The number of rotatable bonds is 3. The van der Waals surface area contributed by atoms with Crippen LogP contribution in [0.4, 0.5) is 0 Å². The van der Waals surface area contributed by atoms with Crippen LogP contribution in [0.3, 0.4) is 0 Å². The van der Waals surface area contributed by atoms with E-state index in [-0.39, 0.29) is 6.61 Å². The highest BCUT2D eigenvalue weighted by atomic mass is 35.5. The molecule has 5 heteroatoms. The number of hydrogen-bond donors (Lipinski definition) is 0. The summed E-state index contributed by atoms with van der Waals surface area (Å²) in [5, 5.41) is 10.3. The molecule has 21 heavy (non-hydrogen) atoms. The van der Waals surface area contributed by atoms with Crippen molar-refractivity contribution >= 4 is 28.7 Å². The highest BCUT2D eigenvalue weighted by Crippen LogP contribution is 2.29. The molecule has 0 spiro atoms. The molecule has 0 aliphatic rings. The molecule has 0 saturated heterocycles. The Balaban J connectivity index is 1.90. The Labute approximate surface area is 131 Å². The molecule has 1 aromatic carbocycles. The standard InChI is InChI=1S/C16H10Cl2N2O/c17-12-4-5-16(14(18)7-12)21-10-11-9-20-6-2-1-3-15(20)13(11)8-19/h1-7,9H,10H2. The van der Waals surface area contributed by atoms with Gasteiger partial charge in [0.25, 0.3) is 0 Å². The molecule has 3 rings (SSSR count). The number of aromatic nitrogens is 1. The van der Waals surface area contributed by atoms with Crippen LogP contribution in [0.15, 0.2) is 48.8 Å². The maximum atomic E-state index is 9.33. The zero-order valence-corrected chi connectivity index (χ0v) is 12.4. The Morgan fingerprint density at radius 2 is 2.05 bits per heavy atom. The summed E-state index contributed by atoms with van der Waals surface area (Å²) in [5.41, 5.74) is 2.29. The Morgan fingerprint density at radius 3 is 2.81 bits per heavy atom. The number of ether oxygens (including phenoxy) is 1. The fourth-order valence-corrected chi connectivity index (χ4v) is 2.63. The van der Waals surface area contributed by atoms with Crippen molar-refractivity contribution in [2.24, 2.45) is 0 Å². The van der Waals surface area contributed by atoms with Crippen LogP contribution in [0.25, 0.3) is 5.52 Å². The van der Waals surface area contributed by atoms with E-state index in [1.807, 2.05) is 35.0 Å². The number of benzene rings is 1. The van der Waals surface area contributed by atoms with Crippen molar-refractivity contribution in [1.29, 1.82) is 5.26 Å². The second-order valence-corrected chi connectivity index (χ2v) is 5.34. The number of halogens is 2.